The molecule has 2 N–H and O–H groups in total. The molecule has 1 heterocycles. The number of thiophene rings is 1. The van der Waals surface area contributed by atoms with Crippen LogP contribution in [-0.4, -0.2) is 31.5 Å². The lowest BCUT2D eigenvalue weighted by Crippen LogP contribution is -3.08. The van der Waals surface area contributed by atoms with E-state index >= 15 is 0 Å². The molecule has 7 nitrogen and oxygen atoms in total. The summed E-state index contributed by atoms with van der Waals surface area (Å²) in [6.45, 7) is 2.79. The van der Waals surface area contributed by atoms with Crippen molar-refractivity contribution in [1.29, 1.82) is 0 Å². The topological polar surface area (TPSA) is 85.9 Å². The van der Waals surface area contributed by atoms with Crippen LogP contribution >= 0.6 is 11.3 Å². The van der Waals surface area contributed by atoms with Crippen molar-refractivity contribution in [3.8, 4) is 5.75 Å². The third kappa shape index (κ3) is 4.53. The Morgan fingerprint density at radius 3 is 2.79 bits per heavy atom. The minimum Gasteiger partial charge on any atom is -0.490 e. The van der Waals surface area contributed by atoms with Crippen LogP contribution in [0.25, 0.3) is 0 Å². The number of amides is 1. The van der Waals surface area contributed by atoms with Crippen molar-refractivity contribution < 1.29 is 19.4 Å². The van der Waals surface area contributed by atoms with Crippen molar-refractivity contribution in [2.45, 2.75) is 13.5 Å². The molecule has 0 saturated carbocycles. The summed E-state index contributed by atoms with van der Waals surface area (Å²) in [5, 5.41) is 15.8. The Balaban J connectivity index is 2.04. The Labute approximate surface area is 144 Å². The van der Waals surface area contributed by atoms with Gasteiger partial charge < -0.3 is 15.0 Å². The molecule has 0 spiro atoms. The number of nitrogens with zero attached hydrogens (tertiary/aromatic N) is 1. The maximum Gasteiger partial charge on any atom is 0.311 e. The number of carbonyl (C=O) groups excluding carboxylic acids is 1. The summed E-state index contributed by atoms with van der Waals surface area (Å²) in [5.74, 6) is -0.0248. The third-order valence-electron chi connectivity index (χ3n) is 3.52. The Morgan fingerprint density at radius 2 is 2.21 bits per heavy atom. The van der Waals surface area contributed by atoms with Crippen LogP contribution < -0.4 is 15.0 Å². The van der Waals surface area contributed by atoms with Crippen LogP contribution in [0.15, 0.2) is 29.6 Å². The monoisotopic (exact) mass is 350 g/mol. The highest BCUT2D eigenvalue weighted by molar-refractivity contribution is 7.09. The largest absolute Gasteiger partial charge is 0.490 e. The highest BCUT2D eigenvalue weighted by Gasteiger charge is 2.19. The minimum absolute atomic E-state index is 0.117. The summed E-state index contributed by atoms with van der Waals surface area (Å²) in [6.07, 6.45) is 0. The number of quaternary nitrogens is 1. The van der Waals surface area contributed by atoms with Gasteiger partial charge in [-0.2, -0.15) is 0 Å². The van der Waals surface area contributed by atoms with Crippen LogP contribution in [0, 0.1) is 17.0 Å². The number of anilines is 1. The highest BCUT2D eigenvalue weighted by atomic mass is 32.1. The van der Waals surface area contributed by atoms with Gasteiger partial charge in [-0.25, -0.2) is 0 Å². The summed E-state index contributed by atoms with van der Waals surface area (Å²) >= 11 is 1.66. The molecule has 1 aromatic heterocycles. The van der Waals surface area contributed by atoms with Crippen LogP contribution in [0.1, 0.15) is 10.4 Å². The quantitative estimate of drug-likeness (QED) is 0.587. The number of methoxy groups -OCH3 is 1. The Bertz CT molecular complexity index is 731. The fourth-order valence-electron chi connectivity index (χ4n) is 2.36. The van der Waals surface area contributed by atoms with Crippen LogP contribution in [0.2, 0.25) is 0 Å². The first-order chi connectivity index (χ1) is 11.4. The van der Waals surface area contributed by atoms with Crippen LogP contribution in [0.3, 0.4) is 0 Å². The van der Waals surface area contributed by atoms with Gasteiger partial charge >= 0.3 is 5.69 Å². The van der Waals surface area contributed by atoms with Crippen molar-refractivity contribution in [2.24, 2.45) is 0 Å². The number of nitro benzene ring substituents is 1. The Kier molecular flexibility index (Phi) is 5.88. The number of benzene rings is 1. The summed E-state index contributed by atoms with van der Waals surface area (Å²) < 4.78 is 5.04. The standard InChI is InChI=1S/C16H19N3O4S/c1-11-7-14(19(21)22)15(23-3)8-13(11)17-16(20)10-18(2)9-12-5-4-6-24-12/h4-8H,9-10H2,1-3H3,(H,17,20)/p+1. The van der Waals surface area contributed by atoms with E-state index in [0.29, 0.717) is 17.8 Å². The second-order valence-corrected chi connectivity index (χ2v) is 6.57. The fourth-order valence-corrected chi connectivity index (χ4v) is 3.17. The van der Waals surface area contributed by atoms with E-state index in [4.69, 9.17) is 4.74 Å². The molecule has 0 aliphatic rings. The van der Waals surface area contributed by atoms with Gasteiger partial charge in [0.05, 0.1) is 24.0 Å². The summed E-state index contributed by atoms with van der Waals surface area (Å²) in [7, 11) is 3.31. The van der Waals surface area contributed by atoms with E-state index in [1.165, 1.54) is 24.1 Å². The van der Waals surface area contributed by atoms with E-state index in [1.807, 2.05) is 24.6 Å². The van der Waals surface area contributed by atoms with E-state index in [0.717, 1.165) is 11.4 Å². The fraction of sp³-hybridized carbons (Fsp3) is 0.312. The van der Waals surface area contributed by atoms with Crippen molar-refractivity contribution in [3.05, 3.63) is 50.2 Å². The summed E-state index contributed by atoms with van der Waals surface area (Å²) in [6, 6.07) is 6.91. The molecule has 0 fully saturated rings. The maximum atomic E-state index is 12.2. The number of rotatable bonds is 7. The minimum atomic E-state index is -0.504. The van der Waals surface area contributed by atoms with Crippen molar-refractivity contribution in [2.75, 3.05) is 26.0 Å². The SMILES string of the molecule is COc1cc(NC(=O)C[NH+](C)Cc2cccs2)c(C)cc1[N+](=O)[O-]. The molecule has 1 amide bonds. The number of hydrogen-bond acceptors (Lipinski definition) is 5. The molecule has 0 aliphatic carbocycles. The predicted octanol–water partition coefficient (Wildman–Crippen LogP) is 1.63. The van der Waals surface area contributed by atoms with Gasteiger partial charge in [-0.05, 0) is 23.9 Å². The number of likely N-dealkylation sites (N-methyl/N-ethyl adjacent to an activating group) is 1. The molecular formula is C16H20N3O4S+. The summed E-state index contributed by atoms with van der Waals surface area (Å²) in [4.78, 5) is 25.0. The molecule has 0 aliphatic heterocycles. The van der Waals surface area contributed by atoms with Crippen LogP contribution in [0.4, 0.5) is 11.4 Å². The average molecular weight is 350 g/mol. The van der Waals surface area contributed by atoms with Gasteiger partial charge in [0.1, 0.15) is 6.54 Å². The Morgan fingerprint density at radius 1 is 1.46 bits per heavy atom. The molecule has 1 aromatic carbocycles. The lowest BCUT2D eigenvalue weighted by atomic mass is 10.1. The van der Waals surface area contributed by atoms with Gasteiger partial charge in [-0.1, -0.05) is 6.07 Å². The number of nitro groups is 1. The smallest absolute Gasteiger partial charge is 0.311 e. The lowest BCUT2D eigenvalue weighted by molar-refractivity contribution is -0.884. The molecule has 0 saturated heterocycles. The molecule has 1 atom stereocenters. The van der Waals surface area contributed by atoms with Gasteiger partial charge in [0, 0.05) is 17.8 Å². The van der Waals surface area contributed by atoms with E-state index in [1.54, 1.807) is 18.3 Å². The first kappa shape index (κ1) is 17.9. The van der Waals surface area contributed by atoms with Gasteiger partial charge in [0.25, 0.3) is 5.91 Å². The number of ether oxygens (including phenoxy) is 1. The first-order valence-electron chi connectivity index (χ1n) is 7.37. The van der Waals surface area contributed by atoms with Crippen molar-refractivity contribution in [3.63, 3.8) is 0 Å². The second-order valence-electron chi connectivity index (χ2n) is 5.53. The molecule has 128 valence electrons. The predicted molar refractivity (Wildman–Crippen MR) is 92.8 cm³/mol. The molecule has 1 unspecified atom stereocenters. The number of hydrogen-bond donors (Lipinski definition) is 2. The normalized spacial score (nSPS) is 11.8. The average Bonchev–Trinajstić information content (AvgIpc) is 3.01. The van der Waals surface area contributed by atoms with Gasteiger partial charge in [-0.15, -0.1) is 11.3 Å². The third-order valence-corrected chi connectivity index (χ3v) is 4.39. The van der Waals surface area contributed by atoms with E-state index < -0.39 is 4.92 Å². The molecule has 2 rings (SSSR count). The summed E-state index contributed by atoms with van der Waals surface area (Å²) in [5.41, 5.74) is 1.02. The number of nitrogens with one attached hydrogen (secondary N) is 2. The maximum absolute atomic E-state index is 12.2. The van der Waals surface area contributed by atoms with Gasteiger partial charge in [-0.3, -0.25) is 14.9 Å². The van der Waals surface area contributed by atoms with Gasteiger partial charge in [0.2, 0.25) is 0 Å². The lowest BCUT2D eigenvalue weighted by Gasteiger charge is -2.14. The number of aryl methyl sites for hydroxylation is 1. The molecular weight excluding hydrogens is 330 g/mol. The molecule has 2 aromatic rings. The molecule has 0 radical (unpaired) electrons. The molecule has 24 heavy (non-hydrogen) atoms. The van der Waals surface area contributed by atoms with Crippen molar-refractivity contribution >= 4 is 28.6 Å². The highest BCUT2D eigenvalue weighted by Crippen LogP contribution is 2.32. The van der Waals surface area contributed by atoms with Crippen LogP contribution in [0.5, 0.6) is 5.75 Å². The van der Waals surface area contributed by atoms with E-state index in [-0.39, 0.29) is 17.3 Å². The Hall–Kier alpha value is -2.45. The van der Waals surface area contributed by atoms with E-state index in [2.05, 4.69) is 5.32 Å². The number of carbonyl (C=O) groups is 1. The van der Waals surface area contributed by atoms with E-state index in [9.17, 15) is 14.9 Å². The van der Waals surface area contributed by atoms with Crippen molar-refractivity contribution in [1.82, 2.24) is 0 Å². The molecule has 8 heteroatoms. The van der Waals surface area contributed by atoms with Crippen LogP contribution in [-0.2, 0) is 11.3 Å². The zero-order valence-electron chi connectivity index (χ0n) is 13.8. The molecule has 0 bridgehead atoms. The zero-order valence-corrected chi connectivity index (χ0v) is 14.6. The van der Waals surface area contributed by atoms with Gasteiger partial charge in [0.15, 0.2) is 12.3 Å². The second kappa shape index (κ2) is 7.89. The first-order valence-corrected chi connectivity index (χ1v) is 8.25. The zero-order chi connectivity index (χ0) is 17.7.